The molecule has 4 N–H and O–H groups in total. The van der Waals surface area contributed by atoms with Gasteiger partial charge < -0.3 is 39.7 Å². The van der Waals surface area contributed by atoms with Crippen LogP contribution in [-0.4, -0.2) is 90.8 Å². The highest BCUT2D eigenvalue weighted by atomic mass is 127. The van der Waals surface area contributed by atoms with Gasteiger partial charge in [0.15, 0.2) is 11.5 Å². The Hall–Kier alpha value is -1.93. The van der Waals surface area contributed by atoms with Gasteiger partial charge in [0.1, 0.15) is 12.2 Å². The van der Waals surface area contributed by atoms with Crippen LogP contribution >= 0.6 is 22.6 Å². The normalized spacial score (nSPS) is 31.0. The van der Waals surface area contributed by atoms with E-state index in [9.17, 15) is 24.9 Å². The van der Waals surface area contributed by atoms with E-state index in [0.29, 0.717) is 50.5 Å². The van der Waals surface area contributed by atoms with Crippen LogP contribution in [0.1, 0.15) is 56.9 Å². The topological polar surface area (TPSA) is 138 Å². The summed E-state index contributed by atoms with van der Waals surface area (Å²) in [7, 11) is 3.07. The maximum absolute atomic E-state index is 13.9. The first-order valence-electron chi connectivity index (χ1n) is 15.4. The van der Waals surface area contributed by atoms with Crippen LogP contribution in [0, 0.1) is 26.7 Å². The summed E-state index contributed by atoms with van der Waals surface area (Å²) >= 11 is 2.10. The Kier molecular flexibility index (Phi) is 10.6. The van der Waals surface area contributed by atoms with Crippen molar-refractivity contribution in [3.05, 3.63) is 32.9 Å². The Balaban J connectivity index is 1.49. The predicted octanol–water partition coefficient (Wildman–Crippen LogP) is 2.79. The highest BCUT2D eigenvalue weighted by molar-refractivity contribution is 14.1. The zero-order chi connectivity index (χ0) is 30.7. The first-order valence-corrected chi connectivity index (χ1v) is 16.5. The van der Waals surface area contributed by atoms with E-state index in [1.165, 1.54) is 26.4 Å². The molecule has 43 heavy (non-hydrogen) atoms. The molecule has 11 heteroatoms. The van der Waals surface area contributed by atoms with Crippen molar-refractivity contribution in [3.63, 3.8) is 0 Å². The first-order chi connectivity index (χ1) is 20.7. The SMILES string of the molecule is COCCC(=O)N(CC12CC3CC(CC(C3)C1)C2)C1CC(C(=O)NCCO)=CC(Oc2c(I)cc(CO)cc2OC)C1O. The Bertz CT molecular complexity index is 1170. The van der Waals surface area contributed by atoms with Gasteiger partial charge in [-0.2, -0.15) is 0 Å². The van der Waals surface area contributed by atoms with Gasteiger partial charge in [-0.3, -0.25) is 9.59 Å². The molecule has 3 atom stereocenters. The summed E-state index contributed by atoms with van der Waals surface area (Å²) in [6.45, 7) is 0.535. The smallest absolute Gasteiger partial charge is 0.247 e. The van der Waals surface area contributed by atoms with Crippen LogP contribution in [0.3, 0.4) is 0 Å². The Morgan fingerprint density at radius 2 is 1.77 bits per heavy atom. The third kappa shape index (κ3) is 7.16. The van der Waals surface area contributed by atoms with E-state index in [-0.39, 0.29) is 56.4 Å². The molecule has 1 aromatic carbocycles. The second-order valence-electron chi connectivity index (χ2n) is 13.0. The zero-order valence-electron chi connectivity index (χ0n) is 25.1. The summed E-state index contributed by atoms with van der Waals surface area (Å²) in [5.41, 5.74) is 1.07. The van der Waals surface area contributed by atoms with Gasteiger partial charge in [0, 0.05) is 32.2 Å². The molecule has 4 saturated carbocycles. The Morgan fingerprint density at radius 1 is 1.09 bits per heavy atom. The maximum atomic E-state index is 13.9. The molecule has 0 aromatic heterocycles. The average Bonchev–Trinajstić information content (AvgIpc) is 2.98. The molecule has 5 aliphatic rings. The molecule has 2 amide bonds. The van der Waals surface area contributed by atoms with Crippen molar-refractivity contribution < 1.29 is 39.1 Å². The van der Waals surface area contributed by atoms with Gasteiger partial charge in [-0.15, -0.1) is 0 Å². The lowest BCUT2D eigenvalue weighted by molar-refractivity contribution is -0.147. The highest BCUT2D eigenvalue weighted by Crippen LogP contribution is 2.60. The lowest BCUT2D eigenvalue weighted by Gasteiger charge is -2.58. The minimum atomic E-state index is -1.12. The van der Waals surface area contributed by atoms with Crippen molar-refractivity contribution in [2.24, 2.45) is 23.2 Å². The molecule has 4 bridgehead atoms. The van der Waals surface area contributed by atoms with Crippen molar-refractivity contribution in [2.75, 3.05) is 40.5 Å². The van der Waals surface area contributed by atoms with Gasteiger partial charge in [-0.25, -0.2) is 0 Å². The van der Waals surface area contributed by atoms with Crippen molar-refractivity contribution >= 4 is 34.4 Å². The molecule has 0 aliphatic heterocycles. The van der Waals surface area contributed by atoms with Gasteiger partial charge in [0.05, 0.1) is 43.0 Å². The van der Waals surface area contributed by atoms with E-state index >= 15 is 0 Å². The quantitative estimate of drug-likeness (QED) is 0.230. The minimum Gasteiger partial charge on any atom is -0.493 e. The summed E-state index contributed by atoms with van der Waals surface area (Å²) in [6, 6.07) is 2.76. The van der Waals surface area contributed by atoms with Crippen LogP contribution in [-0.2, 0) is 20.9 Å². The lowest BCUT2D eigenvalue weighted by Crippen LogP contribution is -2.59. The molecule has 4 fully saturated rings. The first kappa shape index (κ1) is 32.5. The van der Waals surface area contributed by atoms with Gasteiger partial charge in [0.2, 0.25) is 11.8 Å². The lowest BCUT2D eigenvalue weighted by atomic mass is 9.49. The number of aliphatic hydroxyl groups excluding tert-OH is 3. The van der Waals surface area contributed by atoms with E-state index in [0.717, 1.165) is 19.3 Å². The third-order valence-corrected chi connectivity index (χ3v) is 10.7. The molecule has 0 saturated heterocycles. The van der Waals surface area contributed by atoms with E-state index in [1.807, 2.05) is 4.90 Å². The number of hydrogen-bond acceptors (Lipinski definition) is 8. The van der Waals surface area contributed by atoms with Gasteiger partial charge in [-0.1, -0.05) is 0 Å². The van der Waals surface area contributed by atoms with Gasteiger partial charge in [0.25, 0.3) is 0 Å². The molecule has 1 aromatic rings. The van der Waals surface area contributed by atoms with Crippen molar-refractivity contribution in [1.29, 1.82) is 0 Å². The fraction of sp³-hybridized carbons (Fsp3) is 0.688. The van der Waals surface area contributed by atoms with E-state index in [1.54, 1.807) is 25.3 Å². The van der Waals surface area contributed by atoms with Crippen molar-refractivity contribution in [2.45, 2.75) is 76.2 Å². The number of carbonyl (C=O) groups excluding carboxylic acids is 2. The monoisotopic (exact) mass is 712 g/mol. The average molecular weight is 713 g/mol. The predicted molar refractivity (Wildman–Crippen MR) is 167 cm³/mol. The molecule has 0 heterocycles. The van der Waals surface area contributed by atoms with Gasteiger partial charge in [-0.05, 0) is 108 Å². The van der Waals surface area contributed by atoms with E-state index < -0.39 is 18.2 Å². The van der Waals surface area contributed by atoms with Crippen LogP contribution < -0.4 is 14.8 Å². The fourth-order valence-electron chi connectivity index (χ4n) is 8.46. The molecule has 238 valence electrons. The van der Waals surface area contributed by atoms with E-state index in [4.69, 9.17) is 14.2 Å². The van der Waals surface area contributed by atoms with Crippen LogP contribution in [0.2, 0.25) is 0 Å². The summed E-state index contributed by atoms with van der Waals surface area (Å²) < 4.78 is 17.9. The Labute approximate surface area is 267 Å². The van der Waals surface area contributed by atoms with Crippen LogP contribution in [0.4, 0.5) is 0 Å². The minimum absolute atomic E-state index is 0.0206. The van der Waals surface area contributed by atoms with Gasteiger partial charge >= 0.3 is 0 Å². The number of rotatable bonds is 13. The number of carbonyl (C=O) groups is 2. The Morgan fingerprint density at radius 3 is 2.35 bits per heavy atom. The number of aliphatic hydroxyl groups is 3. The van der Waals surface area contributed by atoms with Crippen molar-refractivity contribution in [1.82, 2.24) is 10.2 Å². The number of benzene rings is 1. The van der Waals surface area contributed by atoms with E-state index in [2.05, 4.69) is 27.9 Å². The standard InChI is InChI=1S/C32H45IN2O8/c1-41-6-3-28(38)35(18-32-14-19-7-20(15-32)9-21(8-19)16-32)25-12-23(31(40)34-4-5-36)13-26(29(25)39)43-30-24(33)10-22(17-37)11-27(30)42-2/h10-11,13,19-21,25-26,29,36-37,39H,3-9,12,14-18H2,1-2H3,(H,34,40). The molecule has 0 radical (unpaired) electrons. The largest absolute Gasteiger partial charge is 0.493 e. The number of nitrogens with zero attached hydrogens (tertiary/aromatic N) is 1. The van der Waals surface area contributed by atoms with Crippen LogP contribution in [0.5, 0.6) is 11.5 Å². The molecule has 5 aliphatic carbocycles. The van der Waals surface area contributed by atoms with Crippen LogP contribution in [0.15, 0.2) is 23.8 Å². The summed E-state index contributed by atoms with van der Waals surface area (Å²) in [5.74, 6) is 2.41. The summed E-state index contributed by atoms with van der Waals surface area (Å²) in [6.07, 6.45) is 7.05. The zero-order valence-corrected chi connectivity index (χ0v) is 27.3. The number of ether oxygens (including phenoxy) is 3. The number of nitrogens with one attached hydrogen (secondary N) is 1. The molecule has 0 spiro atoms. The maximum Gasteiger partial charge on any atom is 0.247 e. The second kappa shape index (κ2) is 14.0. The molecule has 6 rings (SSSR count). The number of methoxy groups -OCH3 is 2. The number of amides is 2. The summed E-state index contributed by atoms with van der Waals surface area (Å²) in [4.78, 5) is 29.0. The molecule has 3 unspecified atom stereocenters. The second-order valence-corrected chi connectivity index (χ2v) is 14.1. The molecular weight excluding hydrogens is 667 g/mol. The fourth-order valence-corrected chi connectivity index (χ4v) is 9.26. The summed E-state index contributed by atoms with van der Waals surface area (Å²) in [5, 5.41) is 33.6. The molecule has 10 nitrogen and oxygen atoms in total. The van der Waals surface area contributed by atoms with Crippen LogP contribution in [0.25, 0.3) is 0 Å². The highest BCUT2D eigenvalue weighted by Gasteiger charge is 2.53. The third-order valence-electron chi connectivity index (χ3n) is 9.85. The number of hydrogen-bond donors (Lipinski definition) is 4. The molecular formula is C32H45IN2O8. The van der Waals surface area contributed by atoms with Crippen molar-refractivity contribution in [3.8, 4) is 11.5 Å². The number of halogens is 1.